The fraction of sp³-hybridized carbons (Fsp3) is 0.345. The average Bonchev–Trinajstić information content (AvgIpc) is 2.92. The molecule has 0 unspecified atom stereocenters. The fourth-order valence-corrected chi connectivity index (χ4v) is 4.62. The van der Waals surface area contributed by atoms with E-state index < -0.39 is 0 Å². The van der Waals surface area contributed by atoms with Crippen molar-refractivity contribution in [3.8, 4) is 5.75 Å². The van der Waals surface area contributed by atoms with E-state index in [1.54, 1.807) is 0 Å². The van der Waals surface area contributed by atoms with Crippen LogP contribution in [0.15, 0.2) is 72.8 Å². The molecule has 3 aromatic carbocycles. The second-order valence-corrected chi connectivity index (χ2v) is 9.77. The number of hydrogen-bond acceptors (Lipinski definition) is 4. The molecule has 1 aliphatic heterocycles. The summed E-state index contributed by atoms with van der Waals surface area (Å²) in [6, 6.07) is 23.0. The standard InChI is InChI=1S/C29H33Cl2N3O3/c1-2-36-27-7-4-3-6-26(27)32-29(35)34-19-17-33(18-20-34)16-5-21-37-28(22-8-12-24(30)13-9-22)23-10-14-25(31)15-11-23/h3-4,6-15,28H,2,5,16-21H2,1H3,(H,32,35). The van der Waals surface area contributed by atoms with Crippen molar-refractivity contribution in [2.45, 2.75) is 19.4 Å². The van der Waals surface area contributed by atoms with Crippen molar-refractivity contribution in [1.29, 1.82) is 0 Å². The molecule has 8 heteroatoms. The number of ether oxygens (including phenoxy) is 2. The highest BCUT2D eigenvalue weighted by Gasteiger charge is 2.22. The van der Waals surface area contributed by atoms with Gasteiger partial charge in [-0.3, -0.25) is 4.90 Å². The van der Waals surface area contributed by atoms with Gasteiger partial charge in [0.15, 0.2) is 0 Å². The maximum atomic E-state index is 12.8. The predicted molar refractivity (Wildman–Crippen MR) is 150 cm³/mol. The topological polar surface area (TPSA) is 54.0 Å². The lowest BCUT2D eigenvalue weighted by Gasteiger charge is -2.34. The zero-order valence-corrected chi connectivity index (χ0v) is 22.5. The maximum Gasteiger partial charge on any atom is 0.322 e. The summed E-state index contributed by atoms with van der Waals surface area (Å²) >= 11 is 12.2. The van der Waals surface area contributed by atoms with Crippen LogP contribution in [0.4, 0.5) is 10.5 Å². The van der Waals surface area contributed by atoms with Gasteiger partial charge in [-0.2, -0.15) is 0 Å². The number of anilines is 1. The van der Waals surface area contributed by atoms with E-state index in [2.05, 4.69) is 10.2 Å². The number of halogens is 2. The quantitative estimate of drug-likeness (QED) is 0.289. The molecule has 1 N–H and O–H groups in total. The third-order valence-electron chi connectivity index (χ3n) is 6.34. The highest BCUT2D eigenvalue weighted by molar-refractivity contribution is 6.30. The number of nitrogens with one attached hydrogen (secondary N) is 1. The van der Waals surface area contributed by atoms with Crippen LogP contribution in [0.25, 0.3) is 0 Å². The van der Waals surface area contributed by atoms with Gasteiger partial charge in [-0.15, -0.1) is 0 Å². The molecule has 6 nitrogen and oxygen atoms in total. The van der Waals surface area contributed by atoms with Crippen LogP contribution in [-0.2, 0) is 4.74 Å². The molecule has 0 aliphatic carbocycles. The Labute approximate surface area is 229 Å². The molecule has 0 radical (unpaired) electrons. The van der Waals surface area contributed by atoms with Crippen molar-refractivity contribution >= 4 is 34.9 Å². The van der Waals surface area contributed by atoms with Crippen molar-refractivity contribution in [2.75, 3.05) is 51.3 Å². The molecule has 1 aliphatic rings. The highest BCUT2D eigenvalue weighted by atomic mass is 35.5. The van der Waals surface area contributed by atoms with Crippen molar-refractivity contribution < 1.29 is 14.3 Å². The zero-order valence-electron chi connectivity index (χ0n) is 21.0. The second-order valence-electron chi connectivity index (χ2n) is 8.90. The van der Waals surface area contributed by atoms with Gasteiger partial charge in [-0.25, -0.2) is 4.79 Å². The van der Waals surface area contributed by atoms with E-state index in [-0.39, 0.29) is 12.1 Å². The first-order chi connectivity index (χ1) is 18.0. The Balaban J connectivity index is 1.24. The maximum absolute atomic E-state index is 12.8. The minimum atomic E-state index is -0.186. The molecule has 0 atom stereocenters. The number of amides is 2. The van der Waals surface area contributed by atoms with E-state index in [9.17, 15) is 4.79 Å². The first-order valence-electron chi connectivity index (χ1n) is 12.7. The van der Waals surface area contributed by atoms with Crippen LogP contribution in [-0.4, -0.2) is 61.8 Å². The fourth-order valence-electron chi connectivity index (χ4n) is 4.37. The molecular formula is C29H33Cl2N3O3. The number of benzene rings is 3. The first kappa shape index (κ1) is 27.3. The van der Waals surface area contributed by atoms with E-state index in [0.717, 1.165) is 37.2 Å². The zero-order chi connectivity index (χ0) is 26.0. The number of urea groups is 1. The molecule has 4 rings (SSSR count). The summed E-state index contributed by atoms with van der Waals surface area (Å²) in [4.78, 5) is 17.0. The molecule has 196 valence electrons. The van der Waals surface area contributed by atoms with E-state index in [4.69, 9.17) is 32.7 Å². The molecule has 0 aromatic heterocycles. The molecule has 37 heavy (non-hydrogen) atoms. The van der Waals surface area contributed by atoms with Crippen LogP contribution in [0.1, 0.15) is 30.6 Å². The number of rotatable bonds is 10. The van der Waals surface area contributed by atoms with Gasteiger partial charge in [0.1, 0.15) is 11.9 Å². The Morgan fingerprint density at radius 2 is 1.49 bits per heavy atom. The van der Waals surface area contributed by atoms with E-state index in [1.807, 2.05) is 84.6 Å². The van der Waals surface area contributed by atoms with Crippen molar-refractivity contribution in [3.05, 3.63) is 94.0 Å². The molecule has 0 saturated carbocycles. The molecule has 1 heterocycles. The number of para-hydroxylation sites is 2. The van der Waals surface area contributed by atoms with Gasteiger partial charge < -0.3 is 19.7 Å². The summed E-state index contributed by atoms with van der Waals surface area (Å²) in [5, 5.41) is 4.39. The number of hydrogen-bond donors (Lipinski definition) is 1. The van der Waals surface area contributed by atoms with Gasteiger partial charge in [0, 0.05) is 49.4 Å². The molecule has 3 aromatic rings. The summed E-state index contributed by atoms with van der Waals surface area (Å²) < 4.78 is 12.0. The predicted octanol–water partition coefficient (Wildman–Crippen LogP) is 6.74. The summed E-state index contributed by atoms with van der Waals surface area (Å²) in [6.45, 7) is 7.04. The van der Waals surface area contributed by atoms with Crippen LogP contribution in [0, 0.1) is 0 Å². The van der Waals surface area contributed by atoms with E-state index >= 15 is 0 Å². The van der Waals surface area contributed by atoms with Gasteiger partial charge in [0.05, 0.1) is 12.3 Å². The van der Waals surface area contributed by atoms with Crippen molar-refractivity contribution in [1.82, 2.24) is 9.80 Å². The Morgan fingerprint density at radius 3 is 2.08 bits per heavy atom. The highest BCUT2D eigenvalue weighted by Crippen LogP contribution is 2.28. The molecular weight excluding hydrogens is 509 g/mol. The normalized spacial score (nSPS) is 14.1. The lowest BCUT2D eigenvalue weighted by molar-refractivity contribution is 0.0670. The van der Waals surface area contributed by atoms with Gasteiger partial charge in [-0.1, -0.05) is 59.6 Å². The monoisotopic (exact) mass is 541 g/mol. The van der Waals surface area contributed by atoms with Crippen molar-refractivity contribution in [3.63, 3.8) is 0 Å². The number of carbonyl (C=O) groups excluding carboxylic acids is 1. The smallest absolute Gasteiger partial charge is 0.322 e. The van der Waals surface area contributed by atoms with Crippen LogP contribution < -0.4 is 10.1 Å². The molecule has 1 saturated heterocycles. The minimum Gasteiger partial charge on any atom is -0.492 e. The van der Waals surface area contributed by atoms with Crippen LogP contribution in [0.3, 0.4) is 0 Å². The number of nitrogens with zero attached hydrogens (tertiary/aromatic N) is 2. The summed E-state index contributed by atoms with van der Waals surface area (Å²) in [5.74, 6) is 0.687. The lowest BCUT2D eigenvalue weighted by Crippen LogP contribution is -2.50. The third kappa shape index (κ3) is 7.86. The Morgan fingerprint density at radius 1 is 0.892 bits per heavy atom. The Kier molecular flexibility index (Phi) is 10.1. The number of carbonyl (C=O) groups is 1. The Hall–Kier alpha value is -2.77. The second kappa shape index (κ2) is 13.7. The summed E-state index contributed by atoms with van der Waals surface area (Å²) in [7, 11) is 0. The van der Waals surface area contributed by atoms with Crippen LogP contribution in [0.5, 0.6) is 5.75 Å². The third-order valence-corrected chi connectivity index (χ3v) is 6.84. The average molecular weight is 543 g/mol. The molecule has 2 amide bonds. The Bertz CT molecular complexity index is 1090. The van der Waals surface area contributed by atoms with Gasteiger partial charge >= 0.3 is 6.03 Å². The lowest BCUT2D eigenvalue weighted by atomic mass is 10.0. The molecule has 0 spiro atoms. The largest absolute Gasteiger partial charge is 0.492 e. The van der Waals surface area contributed by atoms with Crippen LogP contribution >= 0.6 is 23.2 Å². The van der Waals surface area contributed by atoms with E-state index in [1.165, 1.54) is 0 Å². The first-order valence-corrected chi connectivity index (χ1v) is 13.4. The van der Waals surface area contributed by atoms with Crippen LogP contribution in [0.2, 0.25) is 10.0 Å². The molecule has 1 fully saturated rings. The summed E-state index contributed by atoms with van der Waals surface area (Å²) in [6.07, 6.45) is 0.709. The van der Waals surface area contributed by atoms with E-state index in [0.29, 0.717) is 47.8 Å². The summed E-state index contributed by atoms with van der Waals surface area (Å²) in [5.41, 5.74) is 2.80. The van der Waals surface area contributed by atoms with Gasteiger partial charge in [0.2, 0.25) is 0 Å². The molecule has 0 bridgehead atoms. The SMILES string of the molecule is CCOc1ccccc1NC(=O)N1CCN(CCCOC(c2ccc(Cl)cc2)c2ccc(Cl)cc2)CC1. The van der Waals surface area contributed by atoms with Crippen molar-refractivity contribution in [2.24, 2.45) is 0 Å². The number of piperazine rings is 1. The van der Waals surface area contributed by atoms with Gasteiger partial charge in [-0.05, 0) is 60.9 Å². The van der Waals surface area contributed by atoms with Gasteiger partial charge in [0.25, 0.3) is 0 Å². The minimum absolute atomic E-state index is 0.0936.